The Hall–Kier alpha value is -2.44. The van der Waals surface area contributed by atoms with Crippen molar-refractivity contribution < 1.29 is 23.9 Å². The molecule has 0 aromatic heterocycles. The third kappa shape index (κ3) is 3.72. The van der Waals surface area contributed by atoms with Gasteiger partial charge in [0.2, 0.25) is 5.91 Å². The Morgan fingerprint density at radius 3 is 2.54 bits per heavy atom. The minimum atomic E-state index is -1.02. The molecule has 6 nitrogen and oxygen atoms in total. The number of carboxylic acid groups (broad SMARTS) is 1. The van der Waals surface area contributed by atoms with Crippen molar-refractivity contribution in [1.29, 1.82) is 0 Å². The monoisotopic (exact) mass is 336 g/mol. The van der Waals surface area contributed by atoms with Gasteiger partial charge in [0.1, 0.15) is 5.82 Å². The van der Waals surface area contributed by atoms with Crippen LogP contribution in [0.15, 0.2) is 12.1 Å². The van der Waals surface area contributed by atoms with E-state index in [1.165, 1.54) is 6.07 Å². The van der Waals surface area contributed by atoms with Crippen LogP contribution in [0.3, 0.4) is 0 Å². The number of carboxylic acids is 1. The van der Waals surface area contributed by atoms with E-state index in [4.69, 9.17) is 5.11 Å². The van der Waals surface area contributed by atoms with E-state index >= 15 is 0 Å². The summed E-state index contributed by atoms with van der Waals surface area (Å²) >= 11 is 0. The van der Waals surface area contributed by atoms with Crippen molar-refractivity contribution in [2.75, 3.05) is 5.32 Å². The number of nitrogens with one attached hydrogen (secondary N) is 2. The fourth-order valence-electron chi connectivity index (χ4n) is 2.89. The van der Waals surface area contributed by atoms with E-state index in [1.807, 2.05) is 0 Å². The highest BCUT2D eigenvalue weighted by Gasteiger charge is 2.32. The highest BCUT2D eigenvalue weighted by atomic mass is 19.1. The average Bonchev–Trinajstić information content (AvgIpc) is 2.52. The summed E-state index contributed by atoms with van der Waals surface area (Å²) in [4.78, 5) is 34.9. The SMILES string of the molecule is CCC(CC)(CC(=O)O)NC(=O)c1cc2c(cc1F)NC(=O)CC2. The second-order valence-electron chi connectivity index (χ2n) is 6.05. The number of fused-ring (bicyclic) bond motifs is 1. The number of anilines is 1. The molecule has 0 bridgehead atoms. The van der Waals surface area contributed by atoms with Crippen LogP contribution in [0.25, 0.3) is 0 Å². The number of hydrogen-bond acceptors (Lipinski definition) is 3. The van der Waals surface area contributed by atoms with Crippen molar-refractivity contribution in [1.82, 2.24) is 5.32 Å². The highest BCUT2D eigenvalue weighted by Crippen LogP contribution is 2.27. The first-order chi connectivity index (χ1) is 11.3. The quantitative estimate of drug-likeness (QED) is 0.743. The fourth-order valence-corrected chi connectivity index (χ4v) is 2.89. The molecule has 130 valence electrons. The summed E-state index contributed by atoms with van der Waals surface area (Å²) in [6.07, 6.45) is 1.33. The molecule has 1 aromatic carbocycles. The third-order valence-corrected chi connectivity index (χ3v) is 4.55. The summed E-state index contributed by atoms with van der Waals surface area (Å²) in [5.74, 6) is -2.59. The molecule has 1 heterocycles. The van der Waals surface area contributed by atoms with Crippen molar-refractivity contribution in [3.8, 4) is 0 Å². The van der Waals surface area contributed by atoms with Gasteiger partial charge >= 0.3 is 5.97 Å². The molecule has 3 N–H and O–H groups in total. The van der Waals surface area contributed by atoms with Gasteiger partial charge < -0.3 is 15.7 Å². The van der Waals surface area contributed by atoms with Crippen LogP contribution in [0.2, 0.25) is 0 Å². The normalized spacial score (nSPS) is 13.9. The number of halogens is 1. The van der Waals surface area contributed by atoms with Gasteiger partial charge in [0.05, 0.1) is 17.5 Å². The van der Waals surface area contributed by atoms with Crippen molar-refractivity contribution in [3.63, 3.8) is 0 Å². The summed E-state index contributed by atoms with van der Waals surface area (Å²) in [5, 5.41) is 14.3. The molecule has 7 heteroatoms. The van der Waals surface area contributed by atoms with E-state index in [2.05, 4.69) is 10.6 Å². The number of benzene rings is 1. The minimum absolute atomic E-state index is 0.137. The van der Waals surface area contributed by atoms with Crippen molar-refractivity contribution in [2.45, 2.75) is 51.5 Å². The molecular weight excluding hydrogens is 315 g/mol. The molecule has 0 saturated carbocycles. The second-order valence-corrected chi connectivity index (χ2v) is 6.05. The molecule has 24 heavy (non-hydrogen) atoms. The molecule has 0 spiro atoms. The van der Waals surface area contributed by atoms with Crippen LogP contribution < -0.4 is 10.6 Å². The summed E-state index contributed by atoms with van der Waals surface area (Å²) in [6.45, 7) is 3.57. The molecule has 0 fully saturated rings. The smallest absolute Gasteiger partial charge is 0.305 e. The largest absolute Gasteiger partial charge is 0.481 e. The first-order valence-corrected chi connectivity index (χ1v) is 7.97. The maximum atomic E-state index is 14.3. The number of aliphatic carboxylic acids is 1. The lowest BCUT2D eigenvalue weighted by molar-refractivity contribution is -0.138. The predicted octanol–water partition coefficient (Wildman–Crippen LogP) is 2.47. The lowest BCUT2D eigenvalue weighted by atomic mass is 9.88. The lowest BCUT2D eigenvalue weighted by Crippen LogP contribution is -2.49. The highest BCUT2D eigenvalue weighted by molar-refractivity contribution is 5.98. The number of aryl methyl sites for hydroxylation is 1. The van der Waals surface area contributed by atoms with E-state index in [0.717, 1.165) is 6.07 Å². The van der Waals surface area contributed by atoms with E-state index in [0.29, 0.717) is 30.5 Å². The maximum absolute atomic E-state index is 14.3. The van der Waals surface area contributed by atoms with Crippen LogP contribution in [-0.4, -0.2) is 28.4 Å². The first-order valence-electron chi connectivity index (χ1n) is 7.97. The minimum Gasteiger partial charge on any atom is -0.481 e. The Labute approximate surface area is 139 Å². The molecule has 0 unspecified atom stereocenters. The number of rotatable bonds is 6. The molecule has 0 aliphatic carbocycles. The van der Waals surface area contributed by atoms with Gasteiger partial charge in [0, 0.05) is 12.1 Å². The van der Waals surface area contributed by atoms with Crippen LogP contribution >= 0.6 is 0 Å². The van der Waals surface area contributed by atoms with Crippen LogP contribution in [0.4, 0.5) is 10.1 Å². The van der Waals surface area contributed by atoms with Crippen molar-refractivity contribution >= 4 is 23.5 Å². The van der Waals surface area contributed by atoms with Gasteiger partial charge in [-0.1, -0.05) is 13.8 Å². The van der Waals surface area contributed by atoms with Crippen LogP contribution in [-0.2, 0) is 16.0 Å². The Kier molecular flexibility index (Phi) is 5.21. The standard InChI is InChI=1S/C17H21FN2O4/c1-3-17(4-2,9-15(22)23)20-16(24)11-7-10-5-6-14(21)19-13(10)8-12(11)18/h7-8H,3-6,9H2,1-2H3,(H,19,21)(H,20,24)(H,22,23). The van der Waals surface area contributed by atoms with E-state index in [-0.39, 0.29) is 24.3 Å². The van der Waals surface area contributed by atoms with E-state index in [9.17, 15) is 18.8 Å². The molecule has 1 aromatic rings. The van der Waals surface area contributed by atoms with Gasteiger partial charge in [0.15, 0.2) is 0 Å². The number of amides is 2. The predicted molar refractivity (Wildman–Crippen MR) is 86.4 cm³/mol. The summed E-state index contributed by atoms with van der Waals surface area (Å²) < 4.78 is 14.3. The molecular formula is C17H21FN2O4. The Bertz CT molecular complexity index is 683. The molecule has 0 saturated heterocycles. The van der Waals surface area contributed by atoms with Crippen molar-refractivity contribution in [2.24, 2.45) is 0 Å². The number of carbonyl (C=O) groups is 3. The van der Waals surface area contributed by atoms with Crippen molar-refractivity contribution in [3.05, 3.63) is 29.1 Å². The molecule has 0 atom stereocenters. The Morgan fingerprint density at radius 2 is 1.96 bits per heavy atom. The molecule has 1 aliphatic rings. The van der Waals surface area contributed by atoms with E-state index in [1.54, 1.807) is 13.8 Å². The van der Waals surface area contributed by atoms with Crippen LogP contribution in [0.1, 0.15) is 55.5 Å². The van der Waals surface area contributed by atoms with Gasteiger partial charge in [-0.3, -0.25) is 14.4 Å². The fraction of sp³-hybridized carbons (Fsp3) is 0.471. The summed E-state index contributed by atoms with van der Waals surface area (Å²) in [7, 11) is 0. The Balaban J connectivity index is 2.29. The zero-order valence-electron chi connectivity index (χ0n) is 13.7. The average molecular weight is 336 g/mol. The Morgan fingerprint density at radius 1 is 1.29 bits per heavy atom. The molecule has 2 rings (SSSR count). The second kappa shape index (κ2) is 6.98. The van der Waals surface area contributed by atoms with Gasteiger partial charge in [-0.05, 0) is 37.0 Å². The maximum Gasteiger partial charge on any atom is 0.305 e. The molecule has 2 amide bonds. The van der Waals surface area contributed by atoms with Gasteiger partial charge in [-0.2, -0.15) is 0 Å². The van der Waals surface area contributed by atoms with Gasteiger partial charge in [0.25, 0.3) is 5.91 Å². The number of carbonyl (C=O) groups excluding carboxylic acids is 2. The third-order valence-electron chi connectivity index (χ3n) is 4.55. The summed E-state index contributed by atoms with van der Waals surface area (Å²) in [6, 6.07) is 2.56. The number of hydrogen-bond donors (Lipinski definition) is 3. The van der Waals surface area contributed by atoms with Crippen LogP contribution in [0, 0.1) is 5.82 Å². The van der Waals surface area contributed by atoms with Crippen LogP contribution in [0.5, 0.6) is 0 Å². The van der Waals surface area contributed by atoms with E-state index < -0.39 is 23.2 Å². The topological polar surface area (TPSA) is 95.5 Å². The summed E-state index contributed by atoms with van der Waals surface area (Å²) in [5.41, 5.74) is 0.0158. The zero-order chi connectivity index (χ0) is 17.9. The van der Waals surface area contributed by atoms with Gasteiger partial charge in [-0.25, -0.2) is 4.39 Å². The lowest BCUT2D eigenvalue weighted by Gasteiger charge is -2.31. The molecule has 0 radical (unpaired) electrons. The van der Waals surface area contributed by atoms with Gasteiger partial charge in [-0.15, -0.1) is 0 Å². The zero-order valence-corrected chi connectivity index (χ0v) is 13.7. The first kappa shape index (κ1) is 17.9. The molecule has 1 aliphatic heterocycles.